The first-order valence-electron chi connectivity index (χ1n) is 3.37. The Kier molecular flexibility index (Phi) is 9.84. The zero-order valence-electron chi connectivity index (χ0n) is 7.32. The third kappa shape index (κ3) is 10.3. The molecule has 0 aliphatic carbocycles. The van der Waals surface area contributed by atoms with E-state index in [1.54, 1.807) is 6.92 Å². The standard InChI is InChI=1S/C7H13O4.Y/c1-5(2)11-7(9)10-4-6(3)8;/h5-6,8H,1,4H2,2-3H3;/q-1;. The van der Waals surface area contributed by atoms with Gasteiger partial charge in [0.1, 0.15) is 6.61 Å². The molecule has 2 unspecified atom stereocenters. The van der Waals surface area contributed by atoms with Crippen molar-refractivity contribution < 1.29 is 52.1 Å². The summed E-state index contributed by atoms with van der Waals surface area (Å²) in [6.45, 7) is 6.50. The van der Waals surface area contributed by atoms with Gasteiger partial charge in [0.2, 0.25) is 0 Å². The van der Waals surface area contributed by atoms with Gasteiger partial charge in [-0.1, -0.05) is 6.92 Å². The van der Waals surface area contributed by atoms with Crippen molar-refractivity contribution in [3.05, 3.63) is 6.92 Å². The first-order chi connectivity index (χ1) is 5.02. The van der Waals surface area contributed by atoms with Crippen LogP contribution in [0.5, 0.6) is 0 Å². The average Bonchev–Trinajstić information content (AvgIpc) is 1.82. The fraction of sp³-hybridized carbons (Fsp3) is 0.714. The molecule has 0 heterocycles. The molecule has 4 nitrogen and oxygen atoms in total. The summed E-state index contributed by atoms with van der Waals surface area (Å²) in [5, 5.41) is 8.69. The molecule has 0 aliphatic rings. The zero-order valence-corrected chi connectivity index (χ0v) is 10.2. The van der Waals surface area contributed by atoms with Gasteiger partial charge in [-0.15, -0.1) is 0 Å². The first-order valence-corrected chi connectivity index (χ1v) is 3.37. The number of carbonyl (C=O) groups excluding carboxylic acids is 1. The van der Waals surface area contributed by atoms with Crippen LogP contribution in [-0.2, 0) is 42.2 Å². The van der Waals surface area contributed by atoms with E-state index < -0.39 is 18.4 Å². The third-order valence-electron chi connectivity index (χ3n) is 0.740. The minimum Gasteiger partial charge on any atom is -0.464 e. The van der Waals surface area contributed by atoms with Crippen LogP contribution < -0.4 is 0 Å². The van der Waals surface area contributed by atoms with Crippen molar-refractivity contribution in [2.75, 3.05) is 6.61 Å². The van der Waals surface area contributed by atoms with Crippen LogP contribution in [0.25, 0.3) is 0 Å². The smallest absolute Gasteiger partial charge is 0.464 e. The summed E-state index contributed by atoms with van der Waals surface area (Å²) in [6.07, 6.45) is -1.90. The molecule has 0 aromatic rings. The monoisotopic (exact) mass is 250 g/mol. The molecule has 0 aliphatic heterocycles. The van der Waals surface area contributed by atoms with Gasteiger partial charge in [0.25, 0.3) is 0 Å². The van der Waals surface area contributed by atoms with Crippen molar-refractivity contribution in [3.63, 3.8) is 0 Å². The predicted octanol–water partition coefficient (Wildman–Crippen LogP) is 0.740. The maximum absolute atomic E-state index is 10.6. The first kappa shape index (κ1) is 14.8. The van der Waals surface area contributed by atoms with Gasteiger partial charge in [-0.05, 0) is 13.0 Å². The molecule has 0 aromatic carbocycles. The number of aliphatic hydroxyl groups excluding tert-OH is 1. The summed E-state index contributed by atoms with van der Waals surface area (Å²) in [5.41, 5.74) is 0. The molecule has 0 saturated carbocycles. The third-order valence-corrected chi connectivity index (χ3v) is 0.740. The summed E-state index contributed by atoms with van der Waals surface area (Å²) in [5.74, 6) is 0. The van der Waals surface area contributed by atoms with Gasteiger partial charge in [-0.3, -0.25) is 0 Å². The molecule has 0 rings (SSSR count). The molecule has 2 atom stereocenters. The number of aliphatic hydroxyl groups is 1. The van der Waals surface area contributed by atoms with Gasteiger partial charge in [-0.25, -0.2) is 4.79 Å². The summed E-state index contributed by atoms with van der Waals surface area (Å²) < 4.78 is 8.98. The molecule has 0 amide bonds. The van der Waals surface area contributed by atoms with E-state index in [2.05, 4.69) is 16.4 Å². The fourth-order valence-corrected chi connectivity index (χ4v) is 0.387. The minimum atomic E-state index is -0.798. The number of hydrogen-bond acceptors (Lipinski definition) is 4. The Labute approximate surface area is 97.5 Å². The van der Waals surface area contributed by atoms with E-state index in [1.165, 1.54) is 6.92 Å². The number of ether oxygens (including phenoxy) is 2. The normalized spacial score (nSPS) is 14.0. The Hall–Kier alpha value is 0.334. The van der Waals surface area contributed by atoms with Crippen LogP contribution in [0, 0.1) is 6.92 Å². The van der Waals surface area contributed by atoms with Crippen molar-refractivity contribution >= 4 is 6.16 Å². The van der Waals surface area contributed by atoms with Crippen LogP contribution in [0.15, 0.2) is 0 Å². The Morgan fingerprint density at radius 2 is 2.08 bits per heavy atom. The van der Waals surface area contributed by atoms with Crippen LogP contribution in [-0.4, -0.2) is 30.1 Å². The van der Waals surface area contributed by atoms with Gasteiger partial charge < -0.3 is 21.5 Å². The van der Waals surface area contributed by atoms with Gasteiger partial charge in [0, 0.05) is 32.7 Å². The van der Waals surface area contributed by atoms with E-state index in [9.17, 15) is 4.79 Å². The number of rotatable bonds is 3. The second kappa shape index (κ2) is 7.96. The van der Waals surface area contributed by atoms with E-state index >= 15 is 0 Å². The van der Waals surface area contributed by atoms with E-state index in [0.29, 0.717) is 0 Å². The number of carbonyl (C=O) groups is 1. The molecule has 1 N–H and O–H groups in total. The van der Waals surface area contributed by atoms with Gasteiger partial charge >= 0.3 is 6.16 Å². The van der Waals surface area contributed by atoms with Gasteiger partial charge in [0.15, 0.2) is 0 Å². The zero-order chi connectivity index (χ0) is 8.85. The molecule has 0 aromatic heterocycles. The molecule has 69 valence electrons. The maximum atomic E-state index is 10.6. The molecule has 1 radical (unpaired) electrons. The van der Waals surface area contributed by atoms with Crippen molar-refractivity contribution in [1.29, 1.82) is 0 Å². The van der Waals surface area contributed by atoms with Crippen molar-refractivity contribution in [2.24, 2.45) is 0 Å². The summed E-state index contributed by atoms with van der Waals surface area (Å²) >= 11 is 0. The maximum Gasteiger partial charge on any atom is 0.505 e. The quantitative estimate of drug-likeness (QED) is 0.593. The molecule has 0 saturated heterocycles. The van der Waals surface area contributed by atoms with Crippen molar-refractivity contribution in [1.82, 2.24) is 0 Å². The van der Waals surface area contributed by atoms with Crippen molar-refractivity contribution in [3.8, 4) is 0 Å². The molecule has 0 spiro atoms. The van der Waals surface area contributed by atoms with Crippen LogP contribution in [0.3, 0.4) is 0 Å². The molecular formula is C7H13O4Y-. The largest absolute Gasteiger partial charge is 0.505 e. The van der Waals surface area contributed by atoms with E-state index in [0.717, 1.165) is 0 Å². The number of hydrogen-bond donors (Lipinski definition) is 1. The summed E-state index contributed by atoms with van der Waals surface area (Å²) in [7, 11) is 0. The van der Waals surface area contributed by atoms with Gasteiger partial charge in [0.05, 0.1) is 6.10 Å². The SMILES string of the molecule is [CH2-]C(C)OC(=O)OCC(C)O.[Y]. The molecule has 5 heteroatoms. The Balaban J connectivity index is 0. The van der Waals surface area contributed by atoms with Crippen LogP contribution in [0.4, 0.5) is 4.79 Å². The molecule has 12 heavy (non-hydrogen) atoms. The van der Waals surface area contributed by atoms with E-state index in [-0.39, 0.29) is 39.3 Å². The second-order valence-corrected chi connectivity index (χ2v) is 2.34. The Morgan fingerprint density at radius 3 is 2.42 bits per heavy atom. The fourth-order valence-electron chi connectivity index (χ4n) is 0.387. The van der Waals surface area contributed by atoms with Crippen molar-refractivity contribution in [2.45, 2.75) is 26.1 Å². The molecule has 0 fully saturated rings. The van der Waals surface area contributed by atoms with Crippen LogP contribution in [0.1, 0.15) is 13.8 Å². The van der Waals surface area contributed by atoms with Crippen LogP contribution >= 0.6 is 0 Å². The molecular weight excluding hydrogens is 237 g/mol. The summed E-state index contributed by atoms with van der Waals surface area (Å²) in [6, 6.07) is 0. The minimum absolute atomic E-state index is 0. The Morgan fingerprint density at radius 1 is 1.58 bits per heavy atom. The second-order valence-electron chi connectivity index (χ2n) is 2.34. The Bertz CT molecular complexity index is 125. The topological polar surface area (TPSA) is 55.8 Å². The summed E-state index contributed by atoms with van der Waals surface area (Å²) in [4.78, 5) is 10.6. The van der Waals surface area contributed by atoms with E-state index in [4.69, 9.17) is 5.11 Å². The predicted molar refractivity (Wildman–Crippen MR) is 38.9 cm³/mol. The van der Waals surface area contributed by atoms with E-state index in [1.807, 2.05) is 0 Å². The van der Waals surface area contributed by atoms with Crippen LogP contribution in [0.2, 0.25) is 0 Å². The average molecular weight is 250 g/mol. The van der Waals surface area contributed by atoms with Gasteiger partial charge in [-0.2, -0.15) is 0 Å². The molecule has 0 bridgehead atoms.